The van der Waals surface area contributed by atoms with Gasteiger partial charge in [-0.15, -0.1) is 0 Å². The van der Waals surface area contributed by atoms with Crippen molar-refractivity contribution in [1.82, 2.24) is 5.32 Å². The molecule has 1 aliphatic carbocycles. The lowest BCUT2D eigenvalue weighted by Gasteiger charge is -2.32. The number of methoxy groups -OCH3 is 1. The van der Waals surface area contributed by atoms with Crippen LogP contribution in [-0.4, -0.2) is 31.8 Å². The third kappa shape index (κ3) is 4.85. The van der Waals surface area contributed by atoms with Gasteiger partial charge in [0.05, 0.1) is 40.5 Å². The molecule has 3 rings (SSSR count). The van der Waals surface area contributed by atoms with E-state index in [4.69, 9.17) is 16.3 Å². The largest absolute Gasteiger partial charge is 0.466 e. The SMILES string of the molecule is COC(=O)C1=C(CF)NC(C)=C(C(=O)OC2CCCC2)C1c1c(F)ccc(Cl)c1C(F)(F)F. The van der Waals surface area contributed by atoms with E-state index in [-0.39, 0.29) is 5.70 Å². The van der Waals surface area contributed by atoms with E-state index < -0.39 is 75.6 Å². The zero-order valence-corrected chi connectivity index (χ0v) is 18.5. The number of carbonyl (C=O) groups excluding carboxylic acids is 2. The summed E-state index contributed by atoms with van der Waals surface area (Å²) in [6.45, 7) is -0.00949. The number of hydrogen-bond acceptors (Lipinski definition) is 5. The van der Waals surface area contributed by atoms with Crippen molar-refractivity contribution in [2.45, 2.75) is 50.8 Å². The van der Waals surface area contributed by atoms with Gasteiger partial charge >= 0.3 is 18.1 Å². The molecule has 1 saturated carbocycles. The lowest BCUT2D eigenvalue weighted by atomic mass is 9.78. The van der Waals surface area contributed by atoms with E-state index in [2.05, 4.69) is 10.1 Å². The molecule has 1 aliphatic heterocycles. The zero-order chi connectivity index (χ0) is 24.5. The van der Waals surface area contributed by atoms with Crippen molar-refractivity contribution in [2.75, 3.05) is 13.8 Å². The second-order valence-electron chi connectivity index (χ2n) is 7.74. The van der Waals surface area contributed by atoms with Gasteiger partial charge in [0.2, 0.25) is 0 Å². The first kappa shape index (κ1) is 25.0. The van der Waals surface area contributed by atoms with Gasteiger partial charge in [0.1, 0.15) is 18.6 Å². The molecule has 180 valence electrons. The molecule has 1 heterocycles. The number of halogens is 6. The minimum Gasteiger partial charge on any atom is -0.466 e. The van der Waals surface area contributed by atoms with Crippen molar-refractivity contribution in [3.63, 3.8) is 0 Å². The number of carbonyl (C=O) groups is 2. The Morgan fingerprint density at radius 1 is 1.15 bits per heavy atom. The smallest absolute Gasteiger partial charge is 0.418 e. The lowest BCUT2D eigenvalue weighted by Crippen LogP contribution is -2.35. The predicted molar refractivity (Wildman–Crippen MR) is 108 cm³/mol. The van der Waals surface area contributed by atoms with Gasteiger partial charge < -0.3 is 14.8 Å². The average Bonchev–Trinajstić information content (AvgIpc) is 3.25. The summed E-state index contributed by atoms with van der Waals surface area (Å²) in [5.41, 5.74) is -4.30. The summed E-state index contributed by atoms with van der Waals surface area (Å²) in [7, 11) is 0.933. The van der Waals surface area contributed by atoms with E-state index in [0.29, 0.717) is 18.9 Å². The van der Waals surface area contributed by atoms with Crippen molar-refractivity contribution in [3.05, 3.63) is 56.6 Å². The molecule has 0 aromatic heterocycles. The van der Waals surface area contributed by atoms with Gasteiger partial charge in [-0.2, -0.15) is 13.2 Å². The Bertz CT molecular complexity index is 1030. The minimum absolute atomic E-state index is 0.0733. The Morgan fingerprint density at radius 3 is 2.33 bits per heavy atom. The van der Waals surface area contributed by atoms with Gasteiger partial charge in [-0.1, -0.05) is 11.6 Å². The number of hydrogen-bond donors (Lipinski definition) is 1. The van der Waals surface area contributed by atoms with Crippen LogP contribution in [0.4, 0.5) is 22.0 Å². The molecular formula is C22H21ClF5NO4. The third-order valence-electron chi connectivity index (χ3n) is 5.69. The van der Waals surface area contributed by atoms with Gasteiger partial charge in [-0.3, -0.25) is 0 Å². The Morgan fingerprint density at radius 2 is 1.79 bits per heavy atom. The van der Waals surface area contributed by atoms with Crippen LogP contribution in [0.2, 0.25) is 5.02 Å². The summed E-state index contributed by atoms with van der Waals surface area (Å²) in [6, 6.07) is 1.41. The number of alkyl halides is 4. The van der Waals surface area contributed by atoms with Crippen LogP contribution in [-0.2, 0) is 25.2 Å². The molecule has 1 N–H and O–H groups in total. The predicted octanol–water partition coefficient (Wildman–Crippen LogP) is 5.34. The normalized spacial score (nSPS) is 19.6. The number of allylic oxidation sites excluding steroid dienone is 2. The maximum Gasteiger partial charge on any atom is 0.418 e. The van der Waals surface area contributed by atoms with Crippen LogP contribution in [0.3, 0.4) is 0 Å². The monoisotopic (exact) mass is 493 g/mol. The van der Waals surface area contributed by atoms with Crippen LogP contribution in [0.1, 0.15) is 49.7 Å². The van der Waals surface area contributed by atoms with Gasteiger partial charge in [0, 0.05) is 11.3 Å². The Hall–Kier alpha value is -2.62. The van der Waals surface area contributed by atoms with Crippen molar-refractivity contribution in [1.29, 1.82) is 0 Å². The molecule has 1 aromatic carbocycles. The lowest BCUT2D eigenvalue weighted by molar-refractivity contribution is -0.145. The maximum absolute atomic E-state index is 15.1. The second kappa shape index (κ2) is 9.70. The third-order valence-corrected chi connectivity index (χ3v) is 6.01. The van der Waals surface area contributed by atoms with Crippen LogP contribution in [0.25, 0.3) is 0 Å². The van der Waals surface area contributed by atoms with Crippen LogP contribution >= 0.6 is 11.6 Å². The fourth-order valence-electron chi connectivity index (χ4n) is 4.27. The molecular weight excluding hydrogens is 473 g/mol. The average molecular weight is 494 g/mol. The summed E-state index contributed by atoms with van der Waals surface area (Å²) in [4.78, 5) is 25.7. The molecule has 1 fully saturated rings. The summed E-state index contributed by atoms with van der Waals surface area (Å²) >= 11 is 5.80. The molecule has 0 radical (unpaired) electrons. The van der Waals surface area contributed by atoms with E-state index in [0.717, 1.165) is 26.0 Å². The molecule has 0 saturated heterocycles. The molecule has 11 heteroatoms. The van der Waals surface area contributed by atoms with E-state index in [1.807, 2.05) is 0 Å². The number of esters is 2. The molecule has 2 aliphatic rings. The van der Waals surface area contributed by atoms with E-state index >= 15 is 4.39 Å². The highest BCUT2D eigenvalue weighted by Gasteiger charge is 2.46. The number of rotatable bonds is 5. The fourth-order valence-corrected chi connectivity index (χ4v) is 4.54. The quantitative estimate of drug-likeness (QED) is 0.443. The summed E-state index contributed by atoms with van der Waals surface area (Å²) < 4.78 is 81.0. The van der Waals surface area contributed by atoms with Gasteiger partial charge in [0.25, 0.3) is 0 Å². The molecule has 0 bridgehead atoms. The zero-order valence-electron chi connectivity index (χ0n) is 17.7. The molecule has 0 amide bonds. The van der Waals surface area contributed by atoms with Crippen LogP contribution in [0, 0.1) is 5.82 Å². The van der Waals surface area contributed by atoms with Crippen molar-refractivity contribution in [3.8, 4) is 0 Å². The van der Waals surface area contributed by atoms with E-state index in [1.54, 1.807) is 0 Å². The molecule has 1 atom stereocenters. The van der Waals surface area contributed by atoms with Gasteiger partial charge in [-0.25, -0.2) is 18.4 Å². The highest BCUT2D eigenvalue weighted by Crippen LogP contribution is 2.48. The first-order valence-electron chi connectivity index (χ1n) is 10.1. The summed E-state index contributed by atoms with van der Waals surface area (Å²) in [6.07, 6.45) is -2.89. The Kier molecular flexibility index (Phi) is 7.36. The van der Waals surface area contributed by atoms with Crippen LogP contribution in [0.5, 0.6) is 0 Å². The highest BCUT2D eigenvalue weighted by molar-refractivity contribution is 6.31. The van der Waals surface area contributed by atoms with Crippen LogP contribution in [0.15, 0.2) is 34.7 Å². The standard InChI is InChI=1S/C22H21ClF5NO4/c1-10-15(21(31)33-11-5-3-4-6-11)18(17(20(30)32-2)14(9-24)29-10)16-13(25)8-7-12(23)19(16)22(26,27)28/h7-8,11,18,29H,3-6,9H2,1-2H3. The molecule has 33 heavy (non-hydrogen) atoms. The Labute approximate surface area is 191 Å². The molecule has 5 nitrogen and oxygen atoms in total. The summed E-state index contributed by atoms with van der Waals surface area (Å²) in [5.74, 6) is -5.61. The molecule has 1 aromatic rings. The van der Waals surface area contributed by atoms with Crippen molar-refractivity contribution in [2.24, 2.45) is 0 Å². The summed E-state index contributed by atoms with van der Waals surface area (Å²) in [5, 5.41) is 1.68. The van der Waals surface area contributed by atoms with Gasteiger partial charge in [0.15, 0.2) is 0 Å². The highest BCUT2D eigenvalue weighted by atomic mass is 35.5. The van der Waals surface area contributed by atoms with E-state index in [1.165, 1.54) is 6.92 Å². The van der Waals surface area contributed by atoms with Crippen molar-refractivity contribution >= 4 is 23.5 Å². The van der Waals surface area contributed by atoms with Crippen LogP contribution < -0.4 is 5.32 Å². The van der Waals surface area contributed by atoms with E-state index in [9.17, 15) is 27.2 Å². The topological polar surface area (TPSA) is 64.6 Å². The molecule has 0 spiro atoms. The molecule has 1 unspecified atom stereocenters. The number of dihydropyridines is 1. The Balaban J connectivity index is 2.30. The number of benzene rings is 1. The first-order valence-corrected chi connectivity index (χ1v) is 10.5. The minimum atomic E-state index is -5.15. The number of nitrogens with one attached hydrogen (secondary N) is 1. The first-order chi connectivity index (χ1) is 15.5. The fraction of sp³-hybridized carbons (Fsp3) is 0.455. The maximum atomic E-state index is 15.1. The number of ether oxygens (including phenoxy) is 2. The van der Waals surface area contributed by atoms with Crippen molar-refractivity contribution < 1.29 is 41.0 Å². The van der Waals surface area contributed by atoms with Gasteiger partial charge in [-0.05, 0) is 44.7 Å². The second-order valence-corrected chi connectivity index (χ2v) is 8.15.